The molecule has 9 heteroatoms. The summed E-state index contributed by atoms with van der Waals surface area (Å²) in [7, 11) is 5.95. The Morgan fingerprint density at radius 1 is 0.527 bits per heavy atom. The van der Waals surface area contributed by atoms with Gasteiger partial charge in [-0.2, -0.15) is 0 Å². The van der Waals surface area contributed by atoms with E-state index in [4.69, 9.17) is 18.9 Å². The largest absolute Gasteiger partial charge is 0.477 e. The summed E-state index contributed by atoms with van der Waals surface area (Å²) in [6, 6.07) is 0. The predicted octanol–water partition coefficient (Wildman–Crippen LogP) is 11.9. The number of hydrogen-bond acceptors (Lipinski definition) is 7. The lowest BCUT2D eigenvalue weighted by atomic mass is 10.0. The topological polar surface area (TPSA) is 108 Å². The van der Waals surface area contributed by atoms with Crippen LogP contribution in [-0.4, -0.2) is 87.4 Å². The third kappa shape index (κ3) is 40.0. The van der Waals surface area contributed by atoms with Crippen LogP contribution in [0.4, 0.5) is 0 Å². The van der Waals surface area contributed by atoms with Gasteiger partial charge >= 0.3 is 17.9 Å². The van der Waals surface area contributed by atoms with Gasteiger partial charge in [0.05, 0.1) is 34.4 Å². The molecule has 1 N–H and O–H groups in total. The molecule has 2 unspecified atom stereocenters. The van der Waals surface area contributed by atoms with Gasteiger partial charge in [0.25, 0.3) is 6.29 Å². The van der Waals surface area contributed by atoms with Crippen molar-refractivity contribution in [3.8, 4) is 0 Å². The lowest BCUT2D eigenvalue weighted by Gasteiger charge is -2.25. The van der Waals surface area contributed by atoms with Gasteiger partial charge in [-0.05, 0) is 32.1 Å². The molecule has 0 radical (unpaired) electrons. The molecular weight excluding hydrogens is 695 g/mol. The summed E-state index contributed by atoms with van der Waals surface area (Å²) >= 11 is 0. The number of carboxylic acids is 1. The summed E-state index contributed by atoms with van der Waals surface area (Å²) in [5.74, 6) is -2.01. The van der Waals surface area contributed by atoms with Crippen LogP contribution >= 0.6 is 0 Å². The number of allylic oxidation sites excluding steroid dienone is 2. The first-order valence-electron chi connectivity index (χ1n) is 22.9. The molecule has 324 valence electrons. The highest BCUT2D eigenvalue weighted by atomic mass is 16.7. The minimum atomic E-state index is -1.50. The third-order valence-corrected chi connectivity index (χ3v) is 10.0. The smallest absolute Gasteiger partial charge is 0.361 e. The van der Waals surface area contributed by atoms with Crippen LogP contribution in [0.2, 0.25) is 0 Å². The van der Waals surface area contributed by atoms with Gasteiger partial charge in [0.1, 0.15) is 13.2 Å². The van der Waals surface area contributed by atoms with Crippen molar-refractivity contribution in [2.45, 2.75) is 219 Å². The number of esters is 2. The molecule has 0 rings (SSSR count). The molecule has 0 aromatic rings. The van der Waals surface area contributed by atoms with Gasteiger partial charge in [0.15, 0.2) is 6.10 Å². The SMILES string of the molecule is CCC/C=C\CCCCCCCC(=O)OC(COC(=O)CCCCCCCCCCCCCCCCCCCCCC)COC(OCC[N+](C)(C)C)C(=O)O. The average Bonchev–Trinajstić information content (AvgIpc) is 3.14. The Labute approximate surface area is 338 Å². The monoisotopic (exact) mass is 783 g/mol. The van der Waals surface area contributed by atoms with E-state index in [0.717, 1.165) is 57.8 Å². The molecule has 55 heavy (non-hydrogen) atoms. The van der Waals surface area contributed by atoms with Gasteiger partial charge in [0.2, 0.25) is 0 Å². The van der Waals surface area contributed by atoms with Crippen molar-refractivity contribution >= 4 is 17.9 Å². The van der Waals surface area contributed by atoms with E-state index in [9.17, 15) is 19.5 Å². The van der Waals surface area contributed by atoms with Crippen LogP contribution in [0.1, 0.15) is 206 Å². The summed E-state index contributed by atoms with van der Waals surface area (Å²) in [6.07, 6.45) is 37.1. The summed E-state index contributed by atoms with van der Waals surface area (Å²) in [5.41, 5.74) is 0. The van der Waals surface area contributed by atoms with E-state index in [0.29, 0.717) is 23.9 Å². The van der Waals surface area contributed by atoms with Crippen LogP contribution in [0.25, 0.3) is 0 Å². The van der Waals surface area contributed by atoms with Crippen molar-refractivity contribution in [3.63, 3.8) is 0 Å². The molecular formula is C46H88NO8+. The number of carboxylic acid groups (broad SMARTS) is 1. The van der Waals surface area contributed by atoms with E-state index in [-0.39, 0.29) is 32.2 Å². The number of ether oxygens (including phenoxy) is 4. The van der Waals surface area contributed by atoms with Gasteiger partial charge in [-0.1, -0.05) is 174 Å². The number of quaternary nitrogens is 1. The van der Waals surface area contributed by atoms with Gasteiger partial charge in [0, 0.05) is 12.8 Å². The number of rotatable bonds is 42. The van der Waals surface area contributed by atoms with E-state index in [1.165, 1.54) is 116 Å². The van der Waals surface area contributed by atoms with Crippen molar-refractivity contribution in [1.82, 2.24) is 0 Å². The maximum Gasteiger partial charge on any atom is 0.361 e. The number of unbranched alkanes of at least 4 members (excludes halogenated alkanes) is 25. The van der Waals surface area contributed by atoms with Crippen LogP contribution in [-0.2, 0) is 33.3 Å². The average molecular weight is 783 g/mol. The predicted molar refractivity (Wildman–Crippen MR) is 226 cm³/mol. The summed E-state index contributed by atoms with van der Waals surface area (Å²) in [4.78, 5) is 37.0. The second kappa shape index (κ2) is 38.9. The van der Waals surface area contributed by atoms with Crippen LogP contribution in [0.5, 0.6) is 0 Å². The highest BCUT2D eigenvalue weighted by Gasteiger charge is 2.25. The molecule has 0 aliphatic heterocycles. The highest BCUT2D eigenvalue weighted by Crippen LogP contribution is 2.16. The van der Waals surface area contributed by atoms with Crippen LogP contribution in [0.3, 0.4) is 0 Å². The maximum atomic E-state index is 12.7. The quantitative estimate of drug-likeness (QED) is 0.0214. The summed E-state index contributed by atoms with van der Waals surface area (Å²) in [6.45, 7) is 4.82. The van der Waals surface area contributed by atoms with Crippen molar-refractivity contribution in [1.29, 1.82) is 0 Å². The Kier molecular flexibility index (Phi) is 37.5. The highest BCUT2D eigenvalue weighted by molar-refractivity contribution is 5.71. The molecule has 0 aromatic carbocycles. The zero-order chi connectivity index (χ0) is 40.7. The van der Waals surface area contributed by atoms with E-state index in [2.05, 4.69) is 26.0 Å². The Morgan fingerprint density at radius 2 is 0.964 bits per heavy atom. The fourth-order valence-corrected chi connectivity index (χ4v) is 6.43. The summed E-state index contributed by atoms with van der Waals surface area (Å²) < 4.78 is 22.7. The van der Waals surface area contributed by atoms with E-state index in [1.54, 1.807) is 0 Å². The number of carbonyl (C=O) groups excluding carboxylic acids is 2. The maximum absolute atomic E-state index is 12.7. The van der Waals surface area contributed by atoms with E-state index in [1.807, 2.05) is 21.1 Å². The zero-order valence-corrected chi connectivity index (χ0v) is 36.6. The summed E-state index contributed by atoms with van der Waals surface area (Å²) in [5, 5.41) is 9.61. The minimum Gasteiger partial charge on any atom is -0.477 e. The molecule has 0 fully saturated rings. The van der Waals surface area contributed by atoms with Gasteiger partial charge in [-0.25, -0.2) is 4.79 Å². The molecule has 9 nitrogen and oxygen atoms in total. The molecule has 0 aromatic heterocycles. The second-order valence-electron chi connectivity index (χ2n) is 16.7. The van der Waals surface area contributed by atoms with Crippen LogP contribution in [0.15, 0.2) is 12.2 Å². The van der Waals surface area contributed by atoms with Crippen molar-refractivity contribution in [2.75, 3.05) is 47.5 Å². The number of likely N-dealkylation sites (N-methyl/N-ethyl adjacent to an activating group) is 1. The fourth-order valence-electron chi connectivity index (χ4n) is 6.43. The molecule has 0 bridgehead atoms. The first kappa shape index (κ1) is 53.0. The molecule has 0 aliphatic rings. The molecule has 2 atom stereocenters. The molecule has 0 spiro atoms. The molecule has 0 heterocycles. The molecule has 0 aliphatic carbocycles. The van der Waals surface area contributed by atoms with E-state index >= 15 is 0 Å². The lowest BCUT2D eigenvalue weighted by molar-refractivity contribution is -0.870. The van der Waals surface area contributed by atoms with Gasteiger partial charge in [-0.3, -0.25) is 9.59 Å². The van der Waals surface area contributed by atoms with Crippen molar-refractivity contribution in [3.05, 3.63) is 12.2 Å². The van der Waals surface area contributed by atoms with Crippen LogP contribution < -0.4 is 0 Å². The Hall–Kier alpha value is -1.97. The molecule has 0 saturated heterocycles. The van der Waals surface area contributed by atoms with E-state index < -0.39 is 24.3 Å². The number of aliphatic carboxylic acids is 1. The number of carbonyl (C=O) groups is 3. The molecule has 0 amide bonds. The Bertz CT molecular complexity index is 918. The Balaban J connectivity index is 4.28. The third-order valence-electron chi connectivity index (χ3n) is 10.0. The number of nitrogens with zero attached hydrogens (tertiary/aromatic N) is 1. The van der Waals surface area contributed by atoms with Crippen LogP contribution in [0, 0.1) is 0 Å². The fraction of sp³-hybridized carbons (Fsp3) is 0.891. The van der Waals surface area contributed by atoms with Gasteiger partial charge < -0.3 is 28.5 Å². The lowest BCUT2D eigenvalue weighted by Crippen LogP contribution is -2.40. The van der Waals surface area contributed by atoms with Crippen molar-refractivity contribution < 1.29 is 42.9 Å². The second-order valence-corrected chi connectivity index (χ2v) is 16.7. The number of hydrogen-bond donors (Lipinski definition) is 1. The Morgan fingerprint density at radius 3 is 1.42 bits per heavy atom. The van der Waals surface area contributed by atoms with Crippen molar-refractivity contribution in [2.24, 2.45) is 0 Å². The van der Waals surface area contributed by atoms with Gasteiger partial charge in [-0.15, -0.1) is 0 Å². The first-order chi connectivity index (χ1) is 26.6. The first-order valence-corrected chi connectivity index (χ1v) is 22.9. The molecule has 0 saturated carbocycles. The zero-order valence-electron chi connectivity index (χ0n) is 36.6. The minimum absolute atomic E-state index is 0.180. The normalized spacial score (nSPS) is 13.0. The standard InChI is InChI=1S/C46H87NO8/c1-6-8-10-12-14-16-18-19-20-21-22-23-24-25-26-27-29-30-32-34-36-43(48)53-40-42(41-54-46(45(50)51)52-39-38-47(3,4)5)55-44(49)37-35-33-31-28-17-15-13-11-9-7-2/h11,13,42,46H,6-10,12,14-41H2,1-5H3/p+1/b13-11-.